The van der Waals surface area contributed by atoms with Gasteiger partial charge in [0.15, 0.2) is 0 Å². The number of carbonyl (C=O) groups excluding carboxylic acids is 1. The monoisotopic (exact) mass is 304 g/mol. The average molecular weight is 305 g/mol. The first kappa shape index (κ1) is 17.7. The topological polar surface area (TPSA) is 41.6 Å². The zero-order valence-electron chi connectivity index (χ0n) is 12.9. The van der Waals surface area contributed by atoms with Crippen LogP contribution >= 0.6 is 12.4 Å². The van der Waals surface area contributed by atoms with Crippen LogP contribution in [0.25, 0.3) is 0 Å². The Balaban J connectivity index is 0.00000200. The fraction of sp³-hybridized carbons (Fsp3) is 0.933. The highest BCUT2D eigenvalue weighted by Crippen LogP contribution is 2.23. The molecule has 2 heterocycles. The van der Waals surface area contributed by atoms with Crippen LogP contribution in [-0.4, -0.2) is 49.2 Å². The van der Waals surface area contributed by atoms with Crippen LogP contribution in [0, 0.1) is 11.8 Å². The maximum Gasteiger partial charge on any atom is 0.226 e. The molecule has 2 rings (SSSR count). The fourth-order valence-corrected chi connectivity index (χ4v) is 3.28. The highest BCUT2D eigenvalue weighted by Gasteiger charge is 2.33. The first-order valence-corrected chi connectivity index (χ1v) is 7.69. The second kappa shape index (κ2) is 8.20. The van der Waals surface area contributed by atoms with E-state index in [9.17, 15) is 4.79 Å². The summed E-state index contributed by atoms with van der Waals surface area (Å²) >= 11 is 0. The Morgan fingerprint density at radius 2 is 2.20 bits per heavy atom. The Hall–Kier alpha value is -0.320. The lowest BCUT2D eigenvalue weighted by Crippen LogP contribution is -2.53. The molecular formula is C15H29ClN2O2. The molecule has 2 saturated heterocycles. The minimum Gasteiger partial charge on any atom is -0.377 e. The van der Waals surface area contributed by atoms with E-state index in [2.05, 4.69) is 31.0 Å². The van der Waals surface area contributed by atoms with Crippen LogP contribution in [0.4, 0.5) is 0 Å². The van der Waals surface area contributed by atoms with E-state index >= 15 is 0 Å². The smallest absolute Gasteiger partial charge is 0.226 e. The van der Waals surface area contributed by atoms with Crippen LogP contribution in [0.3, 0.4) is 0 Å². The Morgan fingerprint density at radius 3 is 2.85 bits per heavy atom. The number of nitrogens with zero attached hydrogens (tertiary/aromatic N) is 1. The first-order chi connectivity index (χ1) is 9.08. The van der Waals surface area contributed by atoms with E-state index in [1.54, 1.807) is 0 Å². The summed E-state index contributed by atoms with van der Waals surface area (Å²) in [4.78, 5) is 14.8. The van der Waals surface area contributed by atoms with Gasteiger partial charge in [0.1, 0.15) is 0 Å². The van der Waals surface area contributed by atoms with Crippen LogP contribution < -0.4 is 5.32 Å². The molecule has 1 amide bonds. The number of ether oxygens (including phenoxy) is 1. The van der Waals surface area contributed by atoms with Crippen molar-refractivity contribution in [3.05, 3.63) is 0 Å². The molecule has 3 atom stereocenters. The number of hydrogen-bond acceptors (Lipinski definition) is 3. The number of hydrogen-bond donors (Lipinski definition) is 1. The van der Waals surface area contributed by atoms with Crippen molar-refractivity contribution < 1.29 is 9.53 Å². The maximum absolute atomic E-state index is 12.7. The maximum atomic E-state index is 12.7. The molecule has 20 heavy (non-hydrogen) atoms. The predicted octanol–water partition coefficient (Wildman–Crippen LogP) is 2.07. The van der Waals surface area contributed by atoms with Gasteiger partial charge in [-0.2, -0.15) is 0 Å². The SMILES string of the molecule is CC(C)CC1COCCN1C(=O)[C@H]1CCN[C@@H](C)C1.Cl. The zero-order chi connectivity index (χ0) is 13.8. The number of rotatable bonds is 3. The van der Waals surface area contributed by atoms with Gasteiger partial charge in [0.25, 0.3) is 0 Å². The number of nitrogens with one attached hydrogen (secondary N) is 1. The van der Waals surface area contributed by atoms with Crippen LogP contribution in [0.5, 0.6) is 0 Å². The summed E-state index contributed by atoms with van der Waals surface area (Å²) < 4.78 is 5.57. The van der Waals surface area contributed by atoms with Gasteiger partial charge in [0.05, 0.1) is 19.3 Å². The molecule has 5 heteroatoms. The Bertz CT molecular complexity index is 312. The highest BCUT2D eigenvalue weighted by molar-refractivity contribution is 5.85. The number of morpholine rings is 1. The zero-order valence-corrected chi connectivity index (χ0v) is 13.7. The third kappa shape index (κ3) is 4.61. The number of halogens is 1. The number of piperidine rings is 1. The van der Waals surface area contributed by atoms with E-state index < -0.39 is 0 Å². The molecule has 2 aliphatic heterocycles. The van der Waals surface area contributed by atoms with Crippen molar-refractivity contribution in [3.8, 4) is 0 Å². The summed E-state index contributed by atoms with van der Waals surface area (Å²) in [6.07, 6.45) is 3.01. The molecule has 118 valence electrons. The molecule has 0 saturated carbocycles. The molecule has 4 nitrogen and oxygen atoms in total. The highest BCUT2D eigenvalue weighted by atomic mass is 35.5. The molecule has 2 fully saturated rings. The summed E-state index contributed by atoms with van der Waals surface area (Å²) in [5, 5.41) is 3.42. The molecule has 0 aliphatic carbocycles. The van der Waals surface area contributed by atoms with E-state index in [1.165, 1.54) is 0 Å². The minimum atomic E-state index is 0. The van der Waals surface area contributed by atoms with Crippen molar-refractivity contribution in [1.82, 2.24) is 10.2 Å². The average Bonchev–Trinajstić information content (AvgIpc) is 2.38. The Labute approximate surface area is 129 Å². The summed E-state index contributed by atoms with van der Waals surface area (Å²) in [6, 6.07) is 0.749. The summed E-state index contributed by atoms with van der Waals surface area (Å²) in [7, 11) is 0. The lowest BCUT2D eigenvalue weighted by atomic mass is 9.90. The van der Waals surface area contributed by atoms with Gasteiger partial charge in [-0.25, -0.2) is 0 Å². The molecule has 1 N–H and O–H groups in total. The van der Waals surface area contributed by atoms with Crippen molar-refractivity contribution in [2.24, 2.45) is 11.8 Å². The van der Waals surface area contributed by atoms with Gasteiger partial charge in [-0.05, 0) is 38.6 Å². The summed E-state index contributed by atoms with van der Waals surface area (Å²) in [5.41, 5.74) is 0. The Morgan fingerprint density at radius 1 is 1.45 bits per heavy atom. The second-order valence-electron chi connectivity index (χ2n) is 6.47. The first-order valence-electron chi connectivity index (χ1n) is 7.69. The number of amides is 1. The van der Waals surface area contributed by atoms with Gasteiger partial charge in [0.2, 0.25) is 5.91 Å². The van der Waals surface area contributed by atoms with Crippen molar-refractivity contribution >= 4 is 18.3 Å². The van der Waals surface area contributed by atoms with Crippen LogP contribution in [0.15, 0.2) is 0 Å². The van der Waals surface area contributed by atoms with Crippen molar-refractivity contribution in [2.45, 2.75) is 52.1 Å². The van der Waals surface area contributed by atoms with E-state index in [4.69, 9.17) is 4.74 Å². The molecule has 0 radical (unpaired) electrons. The lowest BCUT2D eigenvalue weighted by molar-refractivity contribution is -0.146. The predicted molar refractivity (Wildman–Crippen MR) is 83.2 cm³/mol. The largest absolute Gasteiger partial charge is 0.377 e. The van der Waals surface area contributed by atoms with Gasteiger partial charge < -0.3 is 15.0 Å². The van der Waals surface area contributed by atoms with Crippen LogP contribution in [0.1, 0.15) is 40.0 Å². The molecule has 0 aromatic carbocycles. The standard InChI is InChI=1S/C15H28N2O2.ClH/c1-11(2)8-14-10-19-7-6-17(14)15(18)13-4-5-16-12(3)9-13;/h11-14,16H,4-10H2,1-3H3;1H/t12-,13-,14?;/m0./s1. The normalized spacial score (nSPS) is 31.0. The molecule has 0 aromatic heterocycles. The van der Waals surface area contributed by atoms with Gasteiger partial charge in [0, 0.05) is 18.5 Å². The van der Waals surface area contributed by atoms with Crippen molar-refractivity contribution in [3.63, 3.8) is 0 Å². The quantitative estimate of drug-likeness (QED) is 0.868. The van der Waals surface area contributed by atoms with Crippen molar-refractivity contribution in [1.29, 1.82) is 0 Å². The molecule has 0 bridgehead atoms. The molecule has 0 spiro atoms. The fourth-order valence-electron chi connectivity index (χ4n) is 3.28. The van der Waals surface area contributed by atoms with E-state index in [1.807, 2.05) is 0 Å². The molecule has 1 unspecified atom stereocenters. The van der Waals surface area contributed by atoms with Crippen LogP contribution in [-0.2, 0) is 9.53 Å². The minimum absolute atomic E-state index is 0. The lowest BCUT2D eigenvalue weighted by Gasteiger charge is -2.40. The molecule has 2 aliphatic rings. The summed E-state index contributed by atoms with van der Waals surface area (Å²) in [6.45, 7) is 9.74. The molecular weight excluding hydrogens is 276 g/mol. The van der Waals surface area contributed by atoms with E-state index in [-0.39, 0.29) is 24.4 Å². The van der Waals surface area contributed by atoms with Gasteiger partial charge >= 0.3 is 0 Å². The Kier molecular flexibility index (Phi) is 7.27. The van der Waals surface area contributed by atoms with Gasteiger partial charge in [-0.1, -0.05) is 13.8 Å². The van der Waals surface area contributed by atoms with Crippen molar-refractivity contribution in [2.75, 3.05) is 26.3 Å². The van der Waals surface area contributed by atoms with Gasteiger partial charge in [-0.3, -0.25) is 4.79 Å². The molecule has 0 aromatic rings. The third-order valence-corrected chi connectivity index (χ3v) is 4.23. The van der Waals surface area contributed by atoms with Gasteiger partial charge in [-0.15, -0.1) is 12.4 Å². The second-order valence-corrected chi connectivity index (χ2v) is 6.47. The number of carbonyl (C=O) groups is 1. The van der Waals surface area contributed by atoms with E-state index in [0.717, 1.165) is 32.4 Å². The van der Waals surface area contributed by atoms with Crippen LogP contribution in [0.2, 0.25) is 0 Å². The van der Waals surface area contributed by atoms with E-state index in [0.29, 0.717) is 31.1 Å². The third-order valence-electron chi connectivity index (χ3n) is 4.23. The summed E-state index contributed by atoms with van der Waals surface area (Å²) in [5.74, 6) is 1.18.